The van der Waals surface area contributed by atoms with Crippen LogP contribution in [0.4, 0.5) is 0 Å². The quantitative estimate of drug-likeness (QED) is 0.794. The van der Waals surface area contributed by atoms with Gasteiger partial charge in [0.15, 0.2) is 0 Å². The second-order valence-electron chi connectivity index (χ2n) is 7.29. The first-order chi connectivity index (χ1) is 9.65. The highest BCUT2D eigenvalue weighted by Crippen LogP contribution is 2.38. The van der Waals surface area contributed by atoms with Crippen molar-refractivity contribution in [2.24, 2.45) is 11.8 Å². The number of fused-ring (bicyclic) bond motifs is 1. The van der Waals surface area contributed by atoms with Gasteiger partial charge in [0, 0.05) is 12.1 Å². The fourth-order valence-electron chi connectivity index (χ4n) is 4.16. The number of benzene rings is 1. The van der Waals surface area contributed by atoms with E-state index in [0.717, 1.165) is 23.8 Å². The zero-order valence-electron chi connectivity index (χ0n) is 13.2. The van der Waals surface area contributed by atoms with Gasteiger partial charge in [-0.2, -0.15) is 0 Å². The van der Waals surface area contributed by atoms with E-state index in [1.807, 2.05) is 0 Å². The summed E-state index contributed by atoms with van der Waals surface area (Å²) in [6.07, 6.45) is 6.74. The summed E-state index contributed by atoms with van der Waals surface area (Å²) in [6, 6.07) is 10.4. The van der Waals surface area contributed by atoms with E-state index in [4.69, 9.17) is 0 Å². The van der Waals surface area contributed by atoms with Gasteiger partial charge in [-0.15, -0.1) is 0 Å². The number of nitrogens with one attached hydrogen (secondary N) is 1. The van der Waals surface area contributed by atoms with Gasteiger partial charge in [0.1, 0.15) is 0 Å². The van der Waals surface area contributed by atoms with E-state index >= 15 is 0 Å². The molecule has 0 heterocycles. The van der Waals surface area contributed by atoms with Gasteiger partial charge in [-0.05, 0) is 61.0 Å². The van der Waals surface area contributed by atoms with E-state index in [1.165, 1.54) is 32.1 Å². The Morgan fingerprint density at radius 1 is 0.850 bits per heavy atom. The lowest BCUT2D eigenvalue weighted by molar-refractivity contribution is 0.209. The van der Waals surface area contributed by atoms with Crippen molar-refractivity contribution in [2.45, 2.75) is 70.9 Å². The highest BCUT2D eigenvalue weighted by atomic mass is 15.0. The zero-order chi connectivity index (χ0) is 14.1. The van der Waals surface area contributed by atoms with E-state index in [9.17, 15) is 0 Å². The van der Waals surface area contributed by atoms with Gasteiger partial charge in [0.05, 0.1) is 0 Å². The molecule has 3 rings (SSSR count). The van der Waals surface area contributed by atoms with Crippen molar-refractivity contribution < 1.29 is 0 Å². The first-order valence-electron chi connectivity index (χ1n) is 8.50. The summed E-state index contributed by atoms with van der Waals surface area (Å²) >= 11 is 0. The summed E-state index contributed by atoms with van der Waals surface area (Å²) in [5.74, 6) is 2.51. The lowest BCUT2D eigenvalue weighted by Crippen LogP contribution is -2.39. The summed E-state index contributed by atoms with van der Waals surface area (Å²) < 4.78 is 0. The van der Waals surface area contributed by atoms with Crippen LogP contribution in [0.25, 0.3) is 0 Å². The Bertz CT molecular complexity index is 453. The van der Waals surface area contributed by atoms with Gasteiger partial charge in [-0.25, -0.2) is 0 Å². The van der Waals surface area contributed by atoms with E-state index in [2.05, 4.69) is 50.4 Å². The van der Waals surface area contributed by atoms with Crippen molar-refractivity contribution in [3.63, 3.8) is 0 Å². The molecule has 2 aliphatic rings. The van der Waals surface area contributed by atoms with Gasteiger partial charge >= 0.3 is 0 Å². The van der Waals surface area contributed by atoms with Crippen LogP contribution < -0.4 is 5.32 Å². The number of rotatable bonds is 2. The van der Waals surface area contributed by atoms with Crippen molar-refractivity contribution >= 4 is 0 Å². The molecule has 2 aliphatic carbocycles. The first kappa shape index (κ1) is 14.1. The summed E-state index contributed by atoms with van der Waals surface area (Å²) in [5, 5.41) is 3.99. The van der Waals surface area contributed by atoms with E-state index in [0.29, 0.717) is 6.04 Å². The molecule has 110 valence electrons. The van der Waals surface area contributed by atoms with Crippen molar-refractivity contribution in [2.75, 3.05) is 0 Å². The second-order valence-corrected chi connectivity index (χ2v) is 7.29. The number of hydrogen-bond donors (Lipinski definition) is 1. The summed E-state index contributed by atoms with van der Waals surface area (Å²) in [6.45, 7) is 7.22. The Morgan fingerprint density at radius 2 is 1.60 bits per heavy atom. The molecule has 1 N–H and O–H groups in total. The highest BCUT2D eigenvalue weighted by molar-refractivity contribution is 5.35. The molecular formula is C19H29N. The normalized spacial score (nSPS) is 37.5. The second kappa shape index (κ2) is 5.89. The maximum Gasteiger partial charge on any atom is 0.0325 e. The van der Waals surface area contributed by atoms with E-state index in [-0.39, 0.29) is 0 Å². The molecular weight excluding hydrogens is 242 g/mol. The molecule has 0 saturated heterocycles. The largest absolute Gasteiger partial charge is 0.307 e. The minimum Gasteiger partial charge on any atom is -0.307 e. The van der Waals surface area contributed by atoms with Gasteiger partial charge in [-0.1, -0.05) is 45.0 Å². The fourth-order valence-corrected chi connectivity index (χ4v) is 4.16. The molecule has 1 saturated carbocycles. The molecule has 1 aromatic carbocycles. The molecule has 20 heavy (non-hydrogen) atoms. The van der Waals surface area contributed by atoms with Crippen LogP contribution in [0, 0.1) is 11.8 Å². The standard InChI is InChI=1S/C19H29N/c1-13-8-10-16(12-15(13)3)20-19-11-9-14(2)17-6-4-5-7-18(17)19/h4-7,13-16,19-20H,8-12H2,1-3H3. The van der Waals surface area contributed by atoms with Crippen LogP contribution in [0.15, 0.2) is 24.3 Å². The molecule has 5 unspecified atom stereocenters. The molecule has 1 heteroatoms. The van der Waals surface area contributed by atoms with Crippen molar-refractivity contribution in [3.05, 3.63) is 35.4 Å². The van der Waals surface area contributed by atoms with E-state index < -0.39 is 0 Å². The smallest absolute Gasteiger partial charge is 0.0325 e. The average Bonchev–Trinajstić information content (AvgIpc) is 2.46. The Labute approximate surface area is 124 Å². The summed E-state index contributed by atoms with van der Waals surface area (Å²) in [7, 11) is 0. The van der Waals surface area contributed by atoms with Crippen LogP contribution in [-0.4, -0.2) is 6.04 Å². The van der Waals surface area contributed by atoms with Crippen molar-refractivity contribution in [3.8, 4) is 0 Å². The van der Waals surface area contributed by atoms with Crippen LogP contribution in [0.5, 0.6) is 0 Å². The minimum absolute atomic E-state index is 0.591. The molecule has 0 bridgehead atoms. The first-order valence-corrected chi connectivity index (χ1v) is 8.50. The molecule has 1 fully saturated rings. The Balaban J connectivity index is 1.71. The monoisotopic (exact) mass is 271 g/mol. The predicted octanol–water partition coefficient (Wildman–Crippen LogP) is 5.04. The van der Waals surface area contributed by atoms with Crippen LogP contribution in [0.2, 0.25) is 0 Å². The average molecular weight is 271 g/mol. The van der Waals surface area contributed by atoms with Crippen LogP contribution in [0.1, 0.15) is 76.0 Å². The van der Waals surface area contributed by atoms with Crippen LogP contribution >= 0.6 is 0 Å². The van der Waals surface area contributed by atoms with Gasteiger partial charge in [0.25, 0.3) is 0 Å². The minimum atomic E-state index is 0.591. The van der Waals surface area contributed by atoms with Crippen molar-refractivity contribution in [1.29, 1.82) is 0 Å². The summed E-state index contributed by atoms with van der Waals surface area (Å²) in [5.41, 5.74) is 3.14. The maximum absolute atomic E-state index is 3.99. The lowest BCUT2D eigenvalue weighted by atomic mass is 9.77. The molecule has 0 aliphatic heterocycles. The molecule has 5 atom stereocenters. The maximum atomic E-state index is 3.99. The SMILES string of the molecule is CC1CCC(NC2CCC(C)C(C)C2)c2ccccc21. The summed E-state index contributed by atoms with van der Waals surface area (Å²) in [4.78, 5) is 0. The predicted molar refractivity (Wildman–Crippen MR) is 85.9 cm³/mol. The van der Waals surface area contributed by atoms with Crippen LogP contribution in [-0.2, 0) is 0 Å². The Hall–Kier alpha value is -0.820. The third-order valence-corrected chi connectivity index (χ3v) is 5.83. The molecule has 0 amide bonds. The van der Waals surface area contributed by atoms with Crippen molar-refractivity contribution in [1.82, 2.24) is 5.32 Å². The zero-order valence-corrected chi connectivity index (χ0v) is 13.2. The van der Waals surface area contributed by atoms with Gasteiger partial charge in [0.2, 0.25) is 0 Å². The van der Waals surface area contributed by atoms with Gasteiger partial charge in [-0.3, -0.25) is 0 Å². The molecule has 0 radical (unpaired) electrons. The Morgan fingerprint density at radius 3 is 2.35 bits per heavy atom. The van der Waals surface area contributed by atoms with Gasteiger partial charge < -0.3 is 5.32 Å². The third-order valence-electron chi connectivity index (χ3n) is 5.83. The highest BCUT2D eigenvalue weighted by Gasteiger charge is 2.29. The Kier molecular flexibility index (Phi) is 4.16. The number of hydrogen-bond acceptors (Lipinski definition) is 1. The molecule has 1 nitrogen and oxygen atoms in total. The molecule has 1 aromatic rings. The third kappa shape index (κ3) is 2.79. The molecule has 0 spiro atoms. The topological polar surface area (TPSA) is 12.0 Å². The van der Waals surface area contributed by atoms with Crippen LogP contribution in [0.3, 0.4) is 0 Å². The van der Waals surface area contributed by atoms with E-state index in [1.54, 1.807) is 11.1 Å². The lowest BCUT2D eigenvalue weighted by Gasteiger charge is -2.38. The molecule has 0 aromatic heterocycles. The fraction of sp³-hybridized carbons (Fsp3) is 0.684.